The Morgan fingerprint density at radius 1 is 0.725 bits per heavy atom. The van der Waals surface area contributed by atoms with Crippen LogP contribution < -0.4 is 0 Å². The zero-order valence-corrected chi connectivity index (χ0v) is 22.2. The number of nitrogens with zero attached hydrogens (tertiary/aromatic N) is 1. The summed E-state index contributed by atoms with van der Waals surface area (Å²) >= 11 is 0. The second kappa shape index (κ2) is 11.5. The van der Waals surface area contributed by atoms with E-state index >= 15 is 0 Å². The molecule has 0 unspecified atom stereocenters. The van der Waals surface area contributed by atoms with E-state index < -0.39 is 85.4 Å². The topological polar surface area (TPSA) is 218 Å². The fourth-order valence-corrected chi connectivity index (χ4v) is 4.60. The first-order chi connectivity index (χ1) is 18.8. The number of nitrogens with one attached hydrogen (secondary N) is 1. The first-order valence-electron chi connectivity index (χ1n) is 12.4. The van der Waals surface area contributed by atoms with Crippen LogP contribution in [0.2, 0.25) is 0 Å². The Morgan fingerprint density at radius 2 is 1.12 bits per heavy atom. The van der Waals surface area contributed by atoms with Gasteiger partial charge in [0.25, 0.3) is 0 Å². The molecule has 0 aliphatic rings. The van der Waals surface area contributed by atoms with Crippen LogP contribution in [0.5, 0.6) is 34.5 Å². The minimum Gasteiger partial charge on any atom is -0.507 e. The number of aromatic nitrogens is 2. The van der Waals surface area contributed by atoms with Crippen LogP contribution >= 0.6 is 0 Å². The molecule has 3 rings (SSSR count). The minimum atomic E-state index is -1.76. The van der Waals surface area contributed by atoms with Crippen LogP contribution in [0.4, 0.5) is 0 Å². The molecule has 40 heavy (non-hydrogen) atoms. The number of carbonyl (C=O) groups is 4. The molecule has 1 aromatic heterocycles. The Labute approximate surface area is 228 Å². The maximum Gasteiger partial charge on any atom is 0.170 e. The van der Waals surface area contributed by atoms with Crippen LogP contribution in [0.15, 0.2) is 12.4 Å². The van der Waals surface area contributed by atoms with Crippen LogP contribution in [-0.2, 0) is 0 Å². The lowest BCUT2D eigenvalue weighted by Gasteiger charge is -2.25. The number of Topliss-reactive ketones (excluding diaryl/α,β-unsaturated/α-hetero) is 2. The minimum absolute atomic E-state index is 0.0456. The zero-order valence-electron chi connectivity index (χ0n) is 22.2. The van der Waals surface area contributed by atoms with Crippen LogP contribution in [0.1, 0.15) is 105 Å². The maximum absolute atomic E-state index is 13.0. The molecular weight excluding hydrogens is 524 g/mol. The molecule has 1 heterocycles. The predicted molar refractivity (Wildman–Crippen MR) is 141 cm³/mol. The Kier molecular flexibility index (Phi) is 8.52. The summed E-state index contributed by atoms with van der Waals surface area (Å²) in [5.41, 5.74) is -4.27. The molecule has 212 valence electrons. The number of H-pyrrole nitrogens is 1. The Balaban J connectivity index is 2.55. The van der Waals surface area contributed by atoms with Crippen molar-refractivity contribution in [3.63, 3.8) is 0 Å². The number of phenolic OH excluding ortho intramolecular Hbond substituents is 6. The lowest BCUT2D eigenvalue weighted by Crippen LogP contribution is -2.14. The summed E-state index contributed by atoms with van der Waals surface area (Å²) in [4.78, 5) is 56.7. The summed E-state index contributed by atoms with van der Waals surface area (Å²) in [6.45, 7) is 6.79. The van der Waals surface area contributed by atoms with Crippen LogP contribution in [0.25, 0.3) is 0 Å². The van der Waals surface area contributed by atoms with E-state index in [0.29, 0.717) is 0 Å². The van der Waals surface area contributed by atoms with Crippen molar-refractivity contribution < 1.29 is 49.8 Å². The molecule has 2 aromatic carbocycles. The van der Waals surface area contributed by atoms with Crippen molar-refractivity contribution >= 4 is 24.1 Å². The third kappa shape index (κ3) is 5.07. The smallest absolute Gasteiger partial charge is 0.170 e. The standard InChI is InChI=1S/C28H30N2O10/c1-11(2)7-15(33)17-22(35)13(9-31)24(37)20(26(17)39)19(28-29-5-6-30-28)21-25(38)14(10-32)23(36)18(27(21)40)16(34)8-12(3)4/h5-6,9-12,19,35-40H,7-8H2,1-4H3,(H,29,30). The lowest BCUT2D eigenvalue weighted by atomic mass is 9.81. The van der Waals surface area contributed by atoms with Gasteiger partial charge in [0, 0.05) is 25.2 Å². The van der Waals surface area contributed by atoms with Gasteiger partial charge in [0.2, 0.25) is 0 Å². The first-order valence-corrected chi connectivity index (χ1v) is 12.4. The van der Waals surface area contributed by atoms with Gasteiger partial charge in [-0.3, -0.25) is 19.2 Å². The summed E-state index contributed by atoms with van der Waals surface area (Å²) in [6.07, 6.45) is 2.29. The van der Waals surface area contributed by atoms with Crippen molar-refractivity contribution in [1.29, 1.82) is 0 Å². The van der Waals surface area contributed by atoms with Crippen molar-refractivity contribution in [2.45, 2.75) is 46.5 Å². The first kappa shape index (κ1) is 29.7. The molecule has 0 atom stereocenters. The quantitative estimate of drug-likeness (QED) is 0.133. The van der Waals surface area contributed by atoms with Gasteiger partial charge in [0.05, 0.1) is 28.2 Å². The molecule has 0 saturated carbocycles. The Bertz CT molecular complexity index is 1390. The predicted octanol–water partition coefficient (Wildman–Crippen LogP) is 3.91. The molecule has 7 N–H and O–H groups in total. The number of rotatable bonds is 11. The van der Waals surface area contributed by atoms with E-state index in [2.05, 4.69) is 9.97 Å². The van der Waals surface area contributed by atoms with E-state index in [1.165, 1.54) is 12.4 Å². The van der Waals surface area contributed by atoms with Crippen molar-refractivity contribution in [3.05, 3.63) is 51.6 Å². The fourth-order valence-electron chi connectivity index (χ4n) is 4.60. The molecule has 0 saturated heterocycles. The molecule has 0 bridgehead atoms. The Hall–Kier alpha value is -4.87. The lowest BCUT2D eigenvalue weighted by molar-refractivity contribution is 0.0952. The summed E-state index contributed by atoms with van der Waals surface area (Å²) in [6, 6.07) is 0. The second-order valence-corrected chi connectivity index (χ2v) is 10.2. The van der Waals surface area contributed by atoms with Gasteiger partial charge in [-0.25, -0.2) is 4.98 Å². The highest BCUT2D eigenvalue weighted by atomic mass is 16.3. The normalized spacial score (nSPS) is 11.4. The number of ketones is 2. The van der Waals surface area contributed by atoms with E-state index in [-0.39, 0.29) is 43.1 Å². The summed E-state index contributed by atoms with van der Waals surface area (Å²) in [7, 11) is 0. The summed E-state index contributed by atoms with van der Waals surface area (Å²) < 4.78 is 0. The van der Waals surface area contributed by atoms with Crippen molar-refractivity contribution in [2.75, 3.05) is 0 Å². The van der Waals surface area contributed by atoms with Gasteiger partial charge in [-0.15, -0.1) is 0 Å². The van der Waals surface area contributed by atoms with Crippen LogP contribution in [-0.4, -0.2) is 64.7 Å². The fraction of sp³-hybridized carbons (Fsp3) is 0.321. The van der Waals surface area contributed by atoms with E-state index in [1.54, 1.807) is 27.7 Å². The molecule has 0 fully saturated rings. The molecule has 0 aliphatic heterocycles. The number of phenols is 6. The molecule has 0 radical (unpaired) electrons. The largest absolute Gasteiger partial charge is 0.507 e. The molecule has 0 spiro atoms. The monoisotopic (exact) mass is 554 g/mol. The number of hydrogen-bond acceptors (Lipinski definition) is 11. The van der Waals surface area contributed by atoms with Gasteiger partial charge in [-0.2, -0.15) is 0 Å². The number of aromatic hydroxyl groups is 6. The number of aromatic amines is 1. The molecule has 3 aromatic rings. The van der Waals surface area contributed by atoms with Crippen molar-refractivity contribution in [1.82, 2.24) is 9.97 Å². The molecular formula is C28H30N2O10. The SMILES string of the molecule is CC(C)CC(=O)c1c(O)c(C=O)c(O)c(C(c2ncc[nH]2)c2c(O)c(C=O)c(O)c(C(=O)CC(C)C)c2O)c1O. The third-order valence-corrected chi connectivity index (χ3v) is 6.34. The van der Waals surface area contributed by atoms with Gasteiger partial charge in [0.1, 0.15) is 51.4 Å². The van der Waals surface area contributed by atoms with Crippen LogP contribution in [0, 0.1) is 11.8 Å². The number of carbonyl (C=O) groups excluding carboxylic acids is 4. The molecule has 0 aliphatic carbocycles. The highest BCUT2D eigenvalue weighted by Gasteiger charge is 2.39. The second-order valence-electron chi connectivity index (χ2n) is 10.2. The number of hydrogen-bond donors (Lipinski definition) is 7. The number of benzene rings is 2. The third-order valence-electron chi connectivity index (χ3n) is 6.34. The van der Waals surface area contributed by atoms with Gasteiger partial charge >= 0.3 is 0 Å². The van der Waals surface area contributed by atoms with Crippen molar-refractivity contribution in [3.8, 4) is 34.5 Å². The Morgan fingerprint density at radius 3 is 1.43 bits per heavy atom. The molecule has 0 amide bonds. The van der Waals surface area contributed by atoms with Crippen LogP contribution in [0.3, 0.4) is 0 Å². The highest BCUT2D eigenvalue weighted by Crippen LogP contribution is 2.54. The van der Waals surface area contributed by atoms with Gasteiger partial charge in [-0.1, -0.05) is 27.7 Å². The van der Waals surface area contributed by atoms with Gasteiger partial charge in [0.15, 0.2) is 24.1 Å². The van der Waals surface area contributed by atoms with E-state index in [4.69, 9.17) is 0 Å². The van der Waals surface area contributed by atoms with Gasteiger partial charge in [-0.05, 0) is 11.8 Å². The maximum atomic E-state index is 13.0. The molecule has 12 heteroatoms. The van der Waals surface area contributed by atoms with Gasteiger partial charge < -0.3 is 35.6 Å². The van der Waals surface area contributed by atoms with E-state index in [1.807, 2.05) is 0 Å². The zero-order chi connectivity index (χ0) is 30.0. The van der Waals surface area contributed by atoms with Crippen molar-refractivity contribution in [2.24, 2.45) is 11.8 Å². The van der Waals surface area contributed by atoms with E-state index in [9.17, 15) is 49.8 Å². The van der Waals surface area contributed by atoms with E-state index in [0.717, 1.165) is 0 Å². The number of imidazole rings is 1. The summed E-state index contributed by atoms with van der Waals surface area (Å²) in [5, 5.41) is 66.0. The average Bonchev–Trinajstić information content (AvgIpc) is 3.37. The highest BCUT2D eigenvalue weighted by molar-refractivity contribution is 6.07. The summed E-state index contributed by atoms with van der Waals surface area (Å²) in [5.74, 6) is -10.0. The molecule has 12 nitrogen and oxygen atoms in total. The average molecular weight is 555 g/mol. The number of aldehydes is 2.